The molecule has 12 heavy (non-hydrogen) atoms. The van der Waals surface area contributed by atoms with Gasteiger partial charge >= 0.3 is 0 Å². The standard InChI is InChI=1S/C9H14N2O/c1-11(2)7-9(4-5-9)8-3-6-12-10-8/h3,6H,4-5,7H2,1-2H3. The van der Waals surface area contributed by atoms with E-state index in [1.54, 1.807) is 6.26 Å². The third kappa shape index (κ3) is 1.25. The molecule has 1 saturated carbocycles. The van der Waals surface area contributed by atoms with E-state index in [1.165, 1.54) is 12.8 Å². The number of aromatic nitrogens is 1. The van der Waals surface area contributed by atoms with Crippen LogP contribution < -0.4 is 0 Å². The monoisotopic (exact) mass is 166 g/mol. The van der Waals surface area contributed by atoms with Crippen LogP contribution in [0.25, 0.3) is 0 Å². The van der Waals surface area contributed by atoms with Gasteiger partial charge in [-0.25, -0.2) is 0 Å². The predicted molar refractivity (Wildman–Crippen MR) is 46.0 cm³/mol. The van der Waals surface area contributed by atoms with Crippen LogP contribution in [0.2, 0.25) is 0 Å². The highest BCUT2D eigenvalue weighted by Crippen LogP contribution is 2.47. The van der Waals surface area contributed by atoms with E-state index in [2.05, 4.69) is 24.2 Å². The lowest BCUT2D eigenvalue weighted by Gasteiger charge is -2.17. The van der Waals surface area contributed by atoms with Crippen molar-refractivity contribution in [2.24, 2.45) is 0 Å². The van der Waals surface area contributed by atoms with Gasteiger partial charge in [0.2, 0.25) is 0 Å². The van der Waals surface area contributed by atoms with Crippen LogP contribution >= 0.6 is 0 Å². The first kappa shape index (κ1) is 7.80. The Morgan fingerprint density at radius 1 is 1.58 bits per heavy atom. The first-order valence-electron chi connectivity index (χ1n) is 4.29. The highest BCUT2D eigenvalue weighted by atomic mass is 16.5. The Kier molecular flexibility index (Phi) is 1.68. The molecule has 0 spiro atoms. The lowest BCUT2D eigenvalue weighted by molar-refractivity contribution is 0.342. The Morgan fingerprint density at radius 3 is 2.75 bits per heavy atom. The van der Waals surface area contributed by atoms with E-state index in [0.717, 1.165) is 12.2 Å². The van der Waals surface area contributed by atoms with E-state index in [1.807, 2.05) is 6.07 Å². The minimum Gasteiger partial charge on any atom is -0.364 e. The van der Waals surface area contributed by atoms with Gasteiger partial charge in [-0.05, 0) is 26.9 Å². The maximum absolute atomic E-state index is 4.85. The Balaban J connectivity index is 2.12. The van der Waals surface area contributed by atoms with Gasteiger partial charge in [0.1, 0.15) is 6.26 Å². The summed E-state index contributed by atoms with van der Waals surface area (Å²) in [4.78, 5) is 2.21. The van der Waals surface area contributed by atoms with Crippen LogP contribution in [0, 0.1) is 0 Å². The molecule has 2 rings (SSSR count). The van der Waals surface area contributed by atoms with Crippen molar-refractivity contribution in [2.45, 2.75) is 18.3 Å². The van der Waals surface area contributed by atoms with Crippen molar-refractivity contribution in [2.75, 3.05) is 20.6 Å². The first-order valence-corrected chi connectivity index (χ1v) is 4.29. The summed E-state index contributed by atoms with van der Waals surface area (Å²) in [6, 6.07) is 1.98. The van der Waals surface area contributed by atoms with E-state index in [9.17, 15) is 0 Å². The second-order valence-corrected chi connectivity index (χ2v) is 3.90. The lowest BCUT2D eigenvalue weighted by Crippen LogP contribution is -2.26. The minimum atomic E-state index is 0.316. The summed E-state index contributed by atoms with van der Waals surface area (Å²) in [6.45, 7) is 1.08. The average Bonchev–Trinajstić information content (AvgIpc) is 2.61. The van der Waals surface area contributed by atoms with Crippen molar-refractivity contribution in [3.8, 4) is 0 Å². The SMILES string of the molecule is CN(C)CC1(c2ccon2)CC1. The Hall–Kier alpha value is -0.830. The summed E-state index contributed by atoms with van der Waals surface area (Å²) in [5.41, 5.74) is 1.44. The molecular formula is C9H14N2O. The molecule has 0 atom stereocenters. The number of hydrogen-bond donors (Lipinski definition) is 0. The van der Waals surface area contributed by atoms with Gasteiger partial charge in [0, 0.05) is 18.0 Å². The number of hydrogen-bond acceptors (Lipinski definition) is 3. The Bertz CT molecular complexity index is 250. The van der Waals surface area contributed by atoms with Crippen LogP contribution in [-0.4, -0.2) is 30.7 Å². The molecule has 0 amide bonds. The molecule has 1 aromatic heterocycles. The number of nitrogens with zero attached hydrogens (tertiary/aromatic N) is 2. The number of rotatable bonds is 3. The predicted octanol–water partition coefficient (Wildman–Crippen LogP) is 1.27. The fourth-order valence-corrected chi connectivity index (χ4v) is 1.74. The largest absolute Gasteiger partial charge is 0.364 e. The fraction of sp³-hybridized carbons (Fsp3) is 0.667. The summed E-state index contributed by atoms with van der Waals surface area (Å²) in [5.74, 6) is 0. The van der Waals surface area contributed by atoms with Crippen LogP contribution in [0.15, 0.2) is 16.9 Å². The van der Waals surface area contributed by atoms with Crippen LogP contribution in [-0.2, 0) is 5.41 Å². The molecule has 66 valence electrons. The van der Waals surface area contributed by atoms with Crippen molar-refractivity contribution >= 4 is 0 Å². The highest BCUT2D eigenvalue weighted by molar-refractivity contribution is 5.23. The molecular weight excluding hydrogens is 152 g/mol. The molecule has 0 radical (unpaired) electrons. The van der Waals surface area contributed by atoms with Gasteiger partial charge in [-0.15, -0.1) is 0 Å². The summed E-state index contributed by atoms with van der Waals surface area (Å²) in [6.07, 6.45) is 4.15. The summed E-state index contributed by atoms with van der Waals surface area (Å²) < 4.78 is 4.85. The molecule has 0 saturated heterocycles. The van der Waals surface area contributed by atoms with Crippen molar-refractivity contribution in [1.29, 1.82) is 0 Å². The molecule has 1 heterocycles. The van der Waals surface area contributed by atoms with Crippen molar-refractivity contribution in [3.05, 3.63) is 18.0 Å². The van der Waals surface area contributed by atoms with E-state index in [0.29, 0.717) is 5.41 Å². The second-order valence-electron chi connectivity index (χ2n) is 3.90. The van der Waals surface area contributed by atoms with Crippen LogP contribution in [0.5, 0.6) is 0 Å². The van der Waals surface area contributed by atoms with Gasteiger partial charge in [-0.1, -0.05) is 5.16 Å². The lowest BCUT2D eigenvalue weighted by atomic mass is 10.0. The molecule has 0 aliphatic heterocycles. The number of likely N-dealkylation sites (N-methyl/N-ethyl adjacent to an activating group) is 1. The van der Waals surface area contributed by atoms with Gasteiger partial charge in [0.05, 0.1) is 5.69 Å². The molecule has 0 aromatic carbocycles. The molecule has 1 aliphatic rings. The maximum atomic E-state index is 4.85. The average molecular weight is 166 g/mol. The quantitative estimate of drug-likeness (QED) is 0.677. The van der Waals surface area contributed by atoms with Gasteiger partial charge < -0.3 is 9.42 Å². The third-order valence-electron chi connectivity index (χ3n) is 2.45. The second kappa shape index (κ2) is 2.59. The normalized spacial score (nSPS) is 19.9. The molecule has 1 fully saturated rings. The topological polar surface area (TPSA) is 29.3 Å². The molecule has 3 heteroatoms. The fourth-order valence-electron chi connectivity index (χ4n) is 1.74. The van der Waals surface area contributed by atoms with Gasteiger partial charge in [0.15, 0.2) is 0 Å². The Labute approximate surface area is 72.3 Å². The Morgan fingerprint density at radius 2 is 2.33 bits per heavy atom. The van der Waals surface area contributed by atoms with Gasteiger partial charge in [-0.3, -0.25) is 0 Å². The summed E-state index contributed by atoms with van der Waals surface area (Å²) in [5, 5.41) is 4.00. The zero-order valence-corrected chi connectivity index (χ0v) is 7.58. The van der Waals surface area contributed by atoms with Crippen LogP contribution in [0.3, 0.4) is 0 Å². The van der Waals surface area contributed by atoms with Crippen molar-refractivity contribution < 1.29 is 4.52 Å². The van der Waals surface area contributed by atoms with Gasteiger partial charge in [0.25, 0.3) is 0 Å². The first-order chi connectivity index (χ1) is 5.73. The van der Waals surface area contributed by atoms with E-state index in [-0.39, 0.29) is 0 Å². The smallest absolute Gasteiger partial charge is 0.124 e. The molecule has 1 aliphatic carbocycles. The molecule has 0 N–H and O–H groups in total. The van der Waals surface area contributed by atoms with E-state index < -0.39 is 0 Å². The summed E-state index contributed by atoms with van der Waals surface area (Å²) in [7, 11) is 4.19. The minimum absolute atomic E-state index is 0.316. The molecule has 1 aromatic rings. The van der Waals surface area contributed by atoms with Gasteiger partial charge in [-0.2, -0.15) is 0 Å². The van der Waals surface area contributed by atoms with Crippen LogP contribution in [0.1, 0.15) is 18.5 Å². The van der Waals surface area contributed by atoms with Crippen molar-refractivity contribution in [3.63, 3.8) is 0 Å². The van der Waals surface area contributed by atoms with Crippen LogP contribution in [0.4, 0.5) is 0 Å². The third-order valence-corrected chi connectivity index (χ3v) is 2.45. The molecule has 0 unspecified atom stereocenters. The highest BCUT2D eigenvalue weighted by Gasteiger charge is 2.46. The molecule has 3 nitrogen and oxygen atoms in total. The van der Waals surface area contributed by atoms with E-state index >= 15 is 0 Å². The zero-order chi connectivity index (χ0) is 8.60. The molecule has 0 bridgehead atoms. The van der Waals surface area contributed by atoms with E-state index in [4.69, 9.17) is 4.52 Å². The van der Waals surface area contributed by atoms with Crippen molar-refractivity contribution in [1.82, 2.24) is 10.1 Å². The maximum Gasteiger partial charge on any atom is 0.124 e. The summed E-state index contributed by atoms with van der Waals surface area (Å²) >= 11 is 0. The zero-order valence-electron chi connectivity index (χ0n) is 7.58.